The van der Waals surface area contributed by atoms with Crippen molar-refractivity contribution in [3.63, 3.8) is 0 Å². The third-order valence-electron chi connectivity index (χ3n) is 4.26. The molecule has 1 N–H and O–H groups in total. The first kappa shape index (κ1) is 22.2. The highest BCUT2D eigenvalue weighted by Gasteiger charge is 2.27. The predicted molar refractivity (Wildman–Crippen MR) is 114 cm³/mol. The lowest BCUT2D eigenvalue weighted by molar-refractivity contribution is -0.114. The van der Waals surface area contributed by atoms with Crippen molar-refractivity contribution in [1.82, 2.24) is 0 Å². The van der Waals surface area contributed by atoms with Crippen LogP contribution < -0.4 is 14.4 Å². The van der Waals surface area contributed by atoms with Crippen molar-refractivity contribution in [3.05, 3.63) is 84.4 Å². The van der Waals surface area contributed by atoms with E-state index in [4.69, 9.17) is 4.74 Å². The van der Waals surface area contributed by atoms with E-state index in [9.17, 15) is 22.0 Å². The van der Waals surface area contributed by atoms with Crippen molar-refractivity contribution in [2.45, 2.75) is 11.8 Å². The quantitative estimate of drug-likeness (QED) is 0.563. The van der Waals surface area contributed by atoms with Gasteiger partial charge in [-0.1, -0.05) is 18.2 Å². The Balaban J connectivity index is 1.92. The number of ether oxygens (including phenoxy) is 1. The molecule has 0 spiro atoms. The molecule has 0 unspecified atom stereocenters. The highest BCUT2D eigenvalue weighted by molar-refractivity contribution is 7.92. The Kier molecular flexibility index (Phi) is 6.86. The van der Waals surface area contributed by atoms with Gasteiger partial charge in [-0.3, -0.25) is 9.10 Å². The fourth-order valence-electron chi connectivity index (χ4n) is 2.82. The third kappa shape index (κ3) is 5.37. The van der Waals surface area contributed by atoms with Gasteiger partial charge in [0.05, 0.1) is 22.9 Å². The number of halogens is 2. The normalized spacial score (nSPS) is 11.1. The lowest BCUT2D eigenvalue weighted by Gasteiger charge is -2.24. The Morgan fingerprint density at radius 1 is 1.00 bits per heavy atom. The van der Waals surface area contributed by atoms with Gasteiger partial charge in [-0.25, -0.2) is 17.2 Å². The molecular formula is C22H20F2N2O4S. The first-order valence-electron chi connectivity index (χ1n) is 9.37. The highest BCUT2D eigenvalue weighted by atomic mass is 32.2. The summed E-state index contributed by atoms with van der Waals surface area (Å²) in [5.41, 5.74) is -0.0304. The average molecular weight is 446 g/mol. The van der Waals surface area contributed by atoms with E-state index in [-0.39, 0.29) is 16.3 Å². The van der Waals surface area contributed by atoms with Crippen molar-refractivity contribution in [3.8, 4) is 5.75 Å². The van der Waals surface area contributed by atoms with Crippen LogP contribution in [0, 0.1) is 11.6 Å². The minimum Gasteiger partial charge on any atom is -0.494 e. The second-order valence-electron chi connectivity index (χ2n) is 6.42. The van der Waals surface area contributed by atoms with Gasteiger partial charge < -0.3 is 10.1 Å². The molecule has 0 bridgehead atoms. The topological polar surface area (TPSA) is 75.7 Å². The number of hydrogen-bond donors (Lipinski definition) is 1. The van der Waals surface area contributed by atoms with Gasteiger partial charge in [-0.2, -0.15) is 0 Å². The van der Waals surface area contributed by atoms with E-state index in [1.807, 2.05) is 6.92 Å². The summed E-state index contributed by atoms with van der Waals surface area (Å²) in [6, 6.07) is 16.5. The summed E-state index contributed by atoms with van der Waals surface area (Å²) in [7, 11) is -4.11. The molecule has 0 aromatic heterocycles. The zero-order valence-electron chi connectivity index (χ0n) is 16.6. The number of anilines is 2. The largest absolute Gasteiger partial charge is 0.494 e. The smallest absolute Gasteiger partial charge is 0.264 e. The molecule has 0 radical (unpaired) electrons. The van der Waals surface area contributed by atoms with Gasteiger partial charge in [-0.05, 0) is 55.5 Å². The van der Waals surface area contributed by atoms with Crippen molar-refractivity contribution in [1.29, 1.82) is 0 Å². The van der Waals surface area contributed by atoms with Gasteiger partial charge in [0.2, 0.25) is 5.91 Å². The highest BCUT2D eigenvalue weighted by Crippen LogP contribution is 2.26. The van der Waals surface area contributed by atoms with E-state index in [1.54, 1.807) is 30.3 Å². The van der Waals surface area contributed by atoms with Gasteiger partial charge in [-0.15, -0.1) is 0 Å². The molecule has 0 aliphatic heterocycles. The SMILES string of the molecule is CCOc1ccc(N(CC(=O)Nc2ccc(F)cc2F)S(=O)(=O)c2ccccc2)cc1. The Hall–Kier alpha value is -3.46. The standard InChI is InChI=1S/C22H20F2N2O4S/c1-2-30-18-11-9-17(10-12-18)26(31(28,29)19-6-4-3-5-7-19)15-22(27)25-21-13-8-16(23)14-20(21)24/h3-14H,2,15H2,1H3,(H,25,27). The molecule has 1 amide bonds. The first-order valence-corrected chi connectivity index (χ1v) is 10.8. The molecule has 0 atom stereocenters. The second-order valence-corrected chi connectivity index (χ2v) is 8.29. The molecule has 0 fully saturated rings. The van der Waals surface area contributed by atoms with E-state index < -0.39 is 34.1 Å². The molecule has 3 aromatic rings. The number of hydrogen-bond acceptors (Lipinski definition) is 4. The Labute approximate surface area is 179 Å². The third-order valence-corrected chi connectivity index (χ3v) is 6.05. The van der Waals surface area contributed by atoms with Crippen LogP contribution in [0.3, 0.4) is 0 Å². The van der Waals surface area contributed by atoms with Crippen LogP contribution in [0.25, 0.3) is 0 Å². The van der Waals surface area contributed by atoms with Crippen LogP contribution in [0.15, 0.2) is 77.7 Å². The molecule has 0 aliphatic rings. The molecule has 162 valence electrons. The number of carbonyl (C=O) groups is 1. The van der Waals surface area contributed by atoms with Crippen LogP contribution in [0.4, 0.5) is 20.2 Å². The van der Waals surface area contributed by atoms with E-state index in [0.29, 0.717) is 18.4 Å². The maximum Gasteiger partial charge on any atom is 0.264 e. The molecule has 31 heavy (non-hydrogen) atoms. The number of carbonyl (C=O) groups excluding carboxylic acids is 1. The summed E-state index contributed by atoms with van der Waals surface area (Å²) >= 11 is 0. The molecule has 0 heterocycles. The summed E-state index contributed by atoms with van der Waals surface area (Å²) in [4.78, 5) is 12.6. The number of rotatable bonds is 8. The minimum atomic E-state index is -4.11. The first-order chi connectivity index (χ1) is 14.8. The molecule has 6 nitrogen and oxygen atoms in total. The van der Waals surface area contributed by atoms with E-state index in [2.05, 4.69) is 5.32 Å². The van der Waals surface area contributed by atoms with Gasteiger partial charge >= 0.3 is 0 Å². The lowest BCUT2D eigenvalue weighted by atomic mass is 10.3. The predicted octanol–water partition coefficient (Wildman–Crippen LogP) is 4.20. The number of nitrogens with one attached hydrogen (secondary N) is 1. The fourth-order valence-corrected chi connectivity index (χ4v) is 4.26. The maximum absolute atomic E-state index is 13.9. The van der Waals surface area contributed by atoms with Crippen LogP contribution >= 0.6 is 0 Å². The summed E-state index contributed by atoms with van der Waals surface area (Å²) in [5.74, 6) is -2.01. The number of nitrogens with zero attached hydrogens (tertiary/aromatic N) is 1. The monoisotopic (exact) mass is 446 g/mol. The van der Waals surface area contributed by atoms with Crippen LogP contribution in [-0.4, -0.2) is 27.5 Å². The van der Waals surface area contributed by atoms with Gasteiger partial charge in [0, 0.05) is 6.07 Å². The van der Waals surface area contributed by atoms with Crippen LogP contribution in [0.5, 0.6) is 5.75 Å². The van der Waals surface area contributed by atoms with Gasteiger partial charge in [0.1, 0.15) is 23.9 Å². The summed E-state index contributed by atoms with van der Waals surface area (Å²) in [6.07, 6.45) is 0. The summed E-state index contributed by atoms with van der Waals surface area (Å²) < 4.78 is 59.7. The van der Waals surface area contributed by atoms with Crippen LogP contribution in [0.1, 0.15) is 6.92 Å². The number of amides is 1. The van der Waals surface area contributed by atoms with E-state index in [0.717, 1.165) is 16.4 Å². The lowest BCUT2D eigenvalue weighted by Crippen LogP contribution is -2.38. The van der Waals surface area contributed by atoms with Crippen molar-refractivity contribution in [2.75, 3.05) is 22.8 Å². The molecule has 0 aliphatic carbocycles. The van der Waals surface area contributed by atoms with Crippen molar-refractivity contribution >= 4 is 27.3 Å². The molecule has 3 aromatic carbocycles. The molecule has 0 saturated carbocycles. The zero-order valence-corrected chi connectivity index (χ0v) is 17.4. The average Bonchev–Trinajstić information content (AvgIpc) is 2.75. The van der Waals surface area contributed by atoms with Crippen LogP contribution in [-0.2, 0) is 14.8 Å². The molecule has 0 saturated heterocycles. The van der Waals surface area contributed by atoms with E-state index in [1.165, 1.54) is 24.3 Å². The maximum atomic E-state index is 13.9. The van der Waals surface area contributed by atoms with Gasteiger partial charge in [0.15, 0.2) is 0 Å². The van der Waals surface area contributed by atoms with Crippen molar-refractivity contribution < 1.29 is 26.7 Å². The zero-order chi connectivity index (χ0) is 22.4. The minimum absolute atomic E-state index is 0.00959. The Morgan fingerprint density at radius 2 is 1.68 bits per heavy atom. The molecule has 3 rings (SSSR count). The molecule has 9 heteroatoms. The van der Waals surface area contributed by atoms with Crippen molar-refractivity contribution in [2.24, 2.45) is 0 Å². The van der Waals surface area contributed by atoms with Gasteiger partial charge in [0.25, 0.3) is 10.0 Å². The molecular weight excluding hydrogens is 426 g/mol. The summed E-state index contributed by atoms with van der Waals surface area (Å²) in [5, 5.41) is 2.28. The second kappa shape index (κ2) is 9.57. The Morgan fingerprint density at radius 3 is 2.29 bits per heavy atom. The van der Waals surface area contributed by atoms with E-state index >= 15 is 0 Å². The summed E-state index contributed by atoms with van der Waals surface area (Å²) in [6.45, 7) is 1.64. The number of benzene rings is 3. The Bertz CT molecular complexity index is 1150. The number of sulfonamides is 1. The fraction of sp³-hybridized carbons (Fsp3) is 0.136. The van der Waals surface area contributed by atoms with Crippen LogP contribution in [0.2, 0.25) is 0 Å².